The van der Waals surface area contributed by atoms with E-state index in [0.717, 1.165) is 11.3 Å². The van der Waals surface area contributed by atoms with Crippen LogP contribution in [-0.4, -0.2) is 14.5 Å². The Bertz CT molecular complexity index is 676. The van der Waals surface area contributed by atoms with Crippen LogP contribution < -0.4 is 4.74 Å². The van der Waals surface area contributed by atoms with E-state index in [0.29, 0.717) is 12.4 Å². The second-order valence-corrected chi connectivity index (χ2v) is 3.96. The molecule has 3 aromatic rings. The highest BCUT2D eigenvalue weighted by atomic mass is 16.5. The fourth-order valence-electron chi connectivity index (χ4n) is 1.82. The number of hydrogen-bond donors (Lipinski definition) is 1. The Hall–Kier alpha value is -2.49. The molecule has 0 saturated carbocycles. The van der Waals surface area contributed by atoms with Gasteiger partial charge in [-0.2, -0.15) is 0 Å². The lowest BCUT2D eigenvalue weighted by Gasteiger charge is -2.06. The molecule has 1 aromatic carbocycles. The highest BCUT2D eigenvalue weighted by molar-refractivity contribution is 5.39. The van der Waals surface area contributed by atoms with E-state index in [2.05, 4.69) is 4.98 Å². The van der Waals surface area contributed by atoms with Gasteiger partial charge in [0.05, 0.1) is 11.9 Å². The number of nitrogens with zero attached hydrogens (tertiary/aromatic N) is 2. The summed E-state index contributed by atoms with van der Waals surface area (Å²) >= 11 is 0. The Balaban J connectivity index is 1.81. The average Bonchev–Trinajstić information content (AvgIpc) is 2.80. The monoisotopic (exact) mass is 240 g/mol. The summed E-state index contributed by atoms with van der Waals surface area (Å²) in [5, 5.41) is 9.34. The molecule has 0 atom stereocenters. The van der Waals surface area contributed by atoms with Crippen molar-refractivity contribution in [3.05, 3.63) is 60.6 Å². The molecule has 18 heavy (non-hydrogen) atoms. The van der Waals surface area contributed by atoms with Crippen LogP contribution in [0, 0.1) is 0 Å². The van der Waals surface area contributed by atoms with Gasteiger partial charge in [-0.3, -0.25) is 0 Å². The number of aromatic nitrogens is 2. The number of rotatable bonds is 3. The fraction of sp³-hybridized carbons (Fsp3) is 0.0714. The molecule has 0 amide bonds. The number of benzene rings is 1. The molecule has 1 N–H and O–H groups in total. The van der Waals surface area contributed by atoms with Crippen molar-refractivity contribution in [3.8, 4) is 11.5 Å². The lowest BCUT2D eigenvalue weighted by atomic mass is 10.3. The van der Waals surface area contributed by atoms with Gasteiger partial charge in [-0.15, -0.1) is 0 Å². The van der Waals surface area contributed by atoms with Crippen molar-refractivity contribution < 1.29 is 9.84 Å². The minimum absolute atomic E-state index is 0.200. The van der Waals surface area contributed by atoms with E-state index in [1.54, 1.807) is 24.4 Å². The Morgan fingerprint density at radius 3 is 3.00 bits per heavy atom. The molecule has 0 radical (unpaired) electrons. The third kappa shape index (κ3) is 2.00. The Kier molecular flexibility index (Phi) is 2.61. The van der Waals surface area contributed by atoms with Gasteiger partial charge in [-0.25, -0.2) is 4.98 Å². The molecule has 4 nitrogen and oxygen atoms in total. The predicted octanol–water partition coefficient (Wildman–Crippen LogP) is 2.62. The summed E-state index contributed by atoms with van der Waals surface area (Å²) in [5.41, 5.74) is 1.86. The molecule has 2 aromatic heterocycles. The molecule has 4 heteroatoms. The van der Waals surface area contributed by atoms with Crippen molar-refractivity contribution in [2.24, 2.45) is 0 Å². The van der Waals surface area contributed by atoms with Gasteiger partial charge in [0.2, 0.25) is 0 Å². The van der Waals surface area contributed by atoms with Crippen LogP contribution in [-0.2, 0) is 6.61 Å². The molecule has 3 rings (SSSR count). The summed E-state index contributed by atoms with van der Waals surface area (Å²) in [6.45, 7) is 0.411. The normalized spacial score (nSPS) is 10.7. The zero-order valence-electron chi connectivity index (χ0n) is 9.65. The van der Waals surface area contributed by atoms with E-state index >= 15 is 0 Å². The third-order valence-corrected chi connectivity index (χ3v) is 2.70. The highest BCUT2D eigenvalue weighted by Crippen LogP contribution is 2.19. The topological polar surface area (TPSA) is 46.8 Å². The minimum atomic E-state index is 0.200. The first-order valence-corrected chi connectivity index (χ1v) is 5.66. The van der Waals surface area contributed by atoms with E-state index in [1.165, 1.54) is 0 Å². The summed E-state index contributed by atoms with van der Waals surface area (Å²) in [6.07, 6.45) is 3.74. The van der Waals surface area contributed by atoms with Crippen LogP contribution in [0.2, 0.25) is 0 Å². The van der Waals surface area contributed by atoms with Crippen LogP contribution in [0.4, 0.5) is 0 Å². The largest absolute Gasteiger partial charge is 0.508 e. The summed E-state index contributed by atoms with van der Waals surface area (Å²) in [6, 6.07) is 12.6. The molecule has 0 spiro atoms. The van der Waals surface area contributed by atoms with Crippen molar-refractivity contribution in [3.63, 3.8) is 0 Å². The number of ether oxygens (including phenoxy) is 1. The number of aromatic hydroxyl groups is 1. The second-order valence-electron chi connectivity index (χ2n) is 3.96. The number of pyridine rings is 1. The molecule has 2 heterocycles. The van der Waals surface area contributed by atoms with Crippen molar-refractivity contribution in [1.29, 1.82) is 0 Å². The van der Waals surface area contributed by atoms with E-state index in [1.807, 2.05) is 34.9 Å². The van der Waals surface area contributed by atoms with E-state index in [-0.39, 0.29) is 5.75 Å². The first-order valence-electron chi connectivity index (χ1n) is 5.66. The van der Waals surface area contributed by atoms with E-state index < -0.39 is 0 Å². The fourth-order valence-corrected chi connectivity index (χ4v) is 1.82. The van der Waals surface area contributed by atoms with Crippen LogP contribution in [0.15, 0.2) is 54.9 Å². The van der Waals surface area contributed by atoms with Gasteiger partial charge in [0.1, 0.15) is 23.8 Å². The number of fused-ring (bicyclic) bond motifs is 1. The first kappa shape index (κ1) is 10.7. The van der Waals surface area contributed by atoms with Gasteiger partial charge >= 0.3 is 0 Å². The maximum Gasteiger partial charge on any atom is 0.136 e. The van der Waals surface area contributed by atoms with Crippen molar-refractivity contribution in [2.75, 3.05) is 0 Å². The van der Waals surface area contributed by atoms with Crippen LogP contribution in [0.3, 0.4) is 0 Å². The SMILES string of the molecule is Oc1cccc(OCc2cnc3ccccn23)c1. The summed E-state index contributed by atoms with van der Waals surface area (Å²) in [5.74, 6) is 0.839. The molecular formula is C14H12N2O2. The lowest BCUT2D eigenvalue weighted by molar-refractivity contribution is 0.298. The van der Waals surface area contributed by atoms with Crippen LogP contribution in [0.5, 0.6) is 11.5 Å². The second kappa shape index (κ2) is 4.41. The van der Waals surface area contributed by atoms with Gasteiger partial charge in [0.15, 0.2) is 0 Å². The maximum absolute atomic E-state index is 9.34. The van der Waals surface area contributed by atoms with Crippen molar-refractivity contribution in [2.45, 2.75) is 6.61 Å². The summed E-state index contributed by atoms with van der Waals surface area (Å²) in [7, 11) is 0. The van der Waals surface area contributed by atoms with Crippen molar-refractivity contribution in [1.82, 2.24) is 9.38 Å². The highest BCUT2D eigenvalue weighted by Gasteiger charge is 2.03. The summed E-state index contributed by atoms with van der Waals surface area (Å²) in [4.78, 5) is 4.28. The maximum atomic E-state index is 9.34. The standard InChI is InChI=1S/C14H12N2O2/c17-12-4-3-5-13(8-12)18-10-11-9-15-14-6-1-2-7-16(11)14/h1-9,17H,10H2. The molecule has 0 saturated heterocycles. The number of phenolic OH excluding ortho intramolecular Hbond substituents is 1. The van der Waals surface area contributed by atoms with Gasteiger partial charge in [0.25, 0.3) is 0 Å². The molecular weight excluding hydrogens is 228 g/mol. The number of phenols is 1. The average molecular weight is 240 g/mol. The van der Waals surface area contributed by atoms with Gasteiger partial charge in [-0.1, -0.05) is 12.1 Å². The molecule has 0 unspecified atom stereocenters. The zero-order chi connectivity index (χ0) is 12.4. The third-order valence-electron chi connectivity index (χ3n) is 2.70. The van der Waals surface area contributed by atoms with Crippen LogP contribution in [0.25, 0.3) is 5.65 Å². The predicted molar refractivity (Wildman–Crippen MR) is 67.6 cm³/mol. The number of imidazole rings is 1. The molecule has 90 valence electrons. The first-order chi connectivity index (χ1) is 8.83. The zero-order valence-corrected chi connectivity index (χ0v) is 9.65. The Morgan fingerprint density at radius 1 is 1.17 bits per heavy atom. The molecule has 0 aliphatic carbocycles. The van der Waals surface area contributed by atoms with Gasteiger partial charge in [0, 0.05) is 12.3 Å². The van der Waals surface area contributed by atoms with E-state index in [9.17, 15) is 5.11 Å². The number of hydrogen-bond acceptors (Lipinski definition) is 3. The molecule has 0 bridgehead atoms. The minimum Gasteiger partial charge on any atom is -0.508 e. The Labute approximate surface area is 104 Å². The summed E-state index contributed by atoms with van der Waals surface area (Å²) < 4.78 is 7.59. The lowest BCUT2D eigenvalue weighted by Crippen LogP contribution is -1.99. The molecule has 0 aliphatic rings. The van der Waals surface area contributed by atoms with Crippen LogP contribution >= 0.6 is 0 Å². The smallest absolute Gasteiger partial charge is 0.136 e. The molecule has 0 aliphatic heterocycles. The van der Waals surface area contributed by atoms with E-state index in [4.69, 9.17) is 4.74 Å². The van der Waals surface area contributed by atoms with Gasteiger partial charge < -0.3 is 14.2 Å². The Morgan fingerprint density at radius 2 is 2.11 bits per heavy atom. The quantitative estimate of drug-likeness (QED) is 0.765. The molecule has 0 fully saturated rings. The van der Waals surface area contributed by atoms with Crippen molar-refractivity contribution >= 4 is 5.65 Å². The van der Waals surface area contributed by atoms with Crippen LogP contribution in [0.1, 0.15) is 5.69 Å². The van der Waals surface area contributed by atoms with Gasteiger partial charge in [-0.05, 0) is 24.3 Å².